The summed E-state index contributed by atoms with van der Waals surface area (Å²) in [5, 5.41) is 12.1. The Morgan fingerprint density at radius 1 is 1.20 bits per heavy atom. The molecular formula is C21H13ClFN3O4. The Kier molecular flexibility index (Phi) is 4.01. The number of anilines is 1. The predicted molar refractivity (Wildman–Crippen MR) is 107 cm³/mol. The number of halogens is 2. The van der Waals surface area contributed by atoms with Gasteiger partial charge in [0.15, 0.2) is 0 Å². The number of benzene rings is 1. The highest BCUT2D eigenvalue weighted by molar-refractivity contribution is 6.31. The van der Waals surface area contributed by atoms with E-state index >= 15 is 4.39 Å². The van der Waals surface area contributed by atoms with Crippen molar-refractivity contribution in [2.45, 2.75) is 18.9 Å². The molecule has 0 saturated carbocycles. The number of aromatic nitrogens is 2. The summed E-state index contributed by atoms with van der Waals surface area (Å²) < 4.78 is 16.4. The fourth-order valence-electron chi connectivity index (χ4n) is 4.30. The SMILES string of the molecule is O=C1Nc2cnccc2-c2ccc(Cl)c(F)c2-c2cc(=O)n3c(c21)CCC3C(=O)O. The monoisotopic (exact) mass is 425 g/mol. The summed E-state index contributed by atoms with van der Waals surface area (Å²) in [5.74, 6) is -2.49. The smallest absolute Gasteiger partial charge is 0.326 e. The first-order chi connectivity index (χ1) is 14.4. The minimum Gasteiger partial charge on any atom is -0.480 e. The fourth-order valence-corrected chi connectivity index (χ4v) is 4.46. The van der Waals surface area contributed by atoms with Crippen molar-refractivity contribution < 1.29 is 19.1 Å². The van der Waals surface area contributed by atoms with Gasteiger partial charge in [-0.1, -0.05) is 17.7 Å². The molecule has 2 aliphatic heterocycles. The van der Waals surface area contributed by atoms with Gasteiger partial charge >= 0.3 is 5.97 Å². The highest BCUT2D eigenvalue weighted by Gasteiger charge is 2.36. The molecule has 0 bridgehead atoms. The van der Waals surface area contributed by atoms with Crippen LogP contribution < -0.4 is 10.9 Å². The second-order valence-corrected chi connectivity index (χ2v) is 7.55. The molecule has 0 saturated heterocycles. The largest absolute Gasteiger partial charge is 0.480 e. The molecule has 0 fully saturated rings. The summed E-state index contributed by atoms with van der Waals surface area (Å²) in [6.07, 6.45) is 3.32. The van der Waals surface area contributed by atoms with Crippen LogP contribution in [0.25, 0.3) is 22.3 Å². The Morgan fingerprint density at radius 3 is 2.77 bits per heavy atom. The zero-order chi connectivity index (χ0) is 21.2. The van der Waals surface area contributed by atoms with Crippen LogP contribution in [0.2, 0.25) is 5.02 Å². The number of nitrogens with one attached hydrogen (secondary N) is 1. The third-order valence-electron chi connectivity index (χ3n) is 5.56. The van der Waals surface area contributed by atoms with Crippen LogP contribution >= 0.6 is 11.6 Å². The van der Waals surface area contributed by atoms with E-state index in [2.05, 4.69) is 10.3 Å². The quantitative estimate of drug-likeness (QED) is 0.621. The van der Waals surface area contributed by atoms with Crippen LogP contribution in [0.3, 0.4) is 0 Å². The number of pyridine rings is 2. The number of hydrogen-bond acceptors (Lipinski definition) is 4. The van der Waals surface area contributed by atoms with Crippen molar-refractivity contribution in [3.05, 3.63) is 69.1 Å². The van der Waals surface area contributed by atoms with Gasteiger partial charge < -0.3 is 10.4 Å². The molecular weight excluding hydrogens is 413 g/mol. The van der Waals surface area contributed by atoms with Crippen LogP contribution in [0.15, 0.2) is 41.5 Å². The maximum Gasteiger partial charge on any atom is 0.326 e. The fraction of sp³-hybridized carbons (Fsp3) is 0.143. The van der Waals surface area contributed by atoms with Gasteiger partial charge in [-0.05, 0) is 30.5 Å². The van der Waals surface area contributed by atoms with Crippen LogP contribution in [0, 0.1) is 5.82 Å². The van der Waals surface area contributed by atoms with Crippen molar-refractivity contribution in [1.29, 1.82) is 0 Å². The number of nitrogens with zero attached hydrogens (tertiary/aromatic N) is 2. The summed E-state index contributed by atoms with van der Waals surface area (Å²) >= 11 is 6.04. The molecule has 2 aliphatic rings. The molecule has 0 spiro atoms. The predicted octanol–water partition coefficient (Wildman–Crippen LogP) is 3.51. The molecule has 9 heteroatoms. The molecule has 1 unspecified atom stereocenters. The first-order valence-corrected chi connectivity index (χ1v) is 9.51. The average Bonchev–Trinajstić information content (AvgIpc) is 3.15. The van der Waals surface area contributed by atoms with Crippen LogP contribution in [-0.2, 0) is 11.2 Å². The van der Waals surface area contributed by atoms with E-state index in [1.807, 2.05) is 0 Å². The molecule has 0 radical (unpaired) electrons. The van der Waals surface area contributed by atoms with E-state index in [9.17, 15) is 19.5 Å². The lowest BCUT2D eigenvalue weighted by molar-refractivity contribution is -0.140. The number of carbonyl (C=O) groups excluding carboxylic acids is 1. The molecule has 2 aromatic heterocycles. The summed E-state index contributed by atoms with van der Waals surface area (Å²) in [7, 11) is 0. The highest BCUT2D eigenvalue weighted by atomic mass is 35.5. The van der Waals surface area contributed by atoms with Crippen LogP contribution in [0.5, 0.6) is 0 Å². The van der Waals surface area contributed by atoms with Crippen molar-refractivity contribution in [2.75, 3.05) is 5.32 Å². The van der Waals surface area contributed by atoms with Gasteiger partial charge in [0.05, 0.1) is 22.5 Å². The van der Waals surface area contributed by atoms with Crippen molar-refractivity contribution >= 4 is 29.2 Å². The summed E-state index contributed by atoms with van der Waals surface area (Å²) in [5.41, 5.74) is 1.17. The minimum atomic E-state index is -1.16. The number of carboxylic acid groups (broad SMARTS) is 1. The van der Waals surface area contributed by atoms with Gasteiger partial charge in [0.1, 0.15) is 11.9 Å². The number of amides is 1. The van der Waals surface area contributed by atoms with Gasteiger partial charge in [-0.15, -0.1) is 0 Å². The molecule has 1 aromatic carbocycles. The number of hydrogen-bond donors (Lipinski definition) is 2. The molecule has 1 amide bonds. The number of fused-ring (bicyclic) bond motifs is 7. The lowest BCUT2D eigenvalue weighted by Crippen LogP contribution is -2.30. The normalized spacial score (nSPS) is 16.5. The Morgan fingerprint density at radius 2 is 2.00 bits per heavy atom. The molecule has 7 nitrogen and oxygen atoms in total. The maximum absolute atomic E-state index is 15.3. The summed E-state index contributed by atoms with van der Waals surface area (Å²) in [4.78, 5) is 41.7. The van der Waals surface area contributed by atoms with E-state index in [0.717, 1.165) is 10.6 Å². The van der Waals surface area contributed by atoms with Crippen molar-refractivity contribution in [3.8, 4) is 22.3 Å². The lowest BCUT2D eigenvalue weighted by atomic mass is 9.88. The number of carboxylic acids is 1. The van der Waals surface area contributed by atoms with E-state index in [1.54, 1.807) is 12.1 Å². The first-order valence-electron chi connectivity index (χ1n) is 9.13. The lowest BCUT2D eigenvalue weighted by Gasteiger charge is -2.23. The van der Waals surface area contributed by atoms with Crippen LogP contribution in [0.4, 0.5) is 10.1 Å². The second kappa shape index (κ2) is 6.50. The standard InChI is InChI=1S/C21H13ClFN3O4/c22-12-2-1-10-9-5-6-24-8-13(9)25-20(28)18-11(17(10)19(12)23)7-16(27)26-14(18)3-4-15(26)21(29)30/h1-2,5-8,15H,3-4H2,(H,25,28)(H,29,30). The number of aliphatic carboxylic acids is 1. The molecule has 4 heterocycles. The third kappa shape index (κ3) is 2.50. The first kappa shape index (κ1) is 18.5. The van der Waals surface area contributed by atoms with E-state index in [4.69, 9.17) is 11.6 Å². The van der Waals surface area contributed by atoms with E-state index < -0.39 is 29.3 Å². The molecule has 1 atom stereocenters. The van der Waals surface area contributed by atoms with Gasteiger partial charge in [-0.25, -0.2) is 9.18 Å². The Bertz CT molecular complexity index is 1330. The zero-order valence-electron chi connectivity index (χ0n) is 15.3. The molecule has 2 N–H and O–H groups in total. The molecule has 150 valence electrons. The molecule has 0 aliphatic carbocycles. The molecule has 5 rings (SSSR count). The second-order valence-electron chi connectivity index (χ2n) is 7.14. The zero-order valence-corrected chi connectivity index (χ0v) is 16.0. The molecule has 30 heavy (non-hydrogen) atoms. The highest BCUT2D eigenvalue weighted by Crippen LogP contribution is 2.44. The number of carbonyl (C=O) groups is 2. The summed E-state index contributed by atoms with van der Waals surface area (Å²) in [6, 6.07) is 4.70. The van der Waals surface area contributed by atoms with Crippen LogP contribution in [-0.4, -0.2) is 26.5 Å². The van der Waals surface area contributed by atoms with Gasteiger partial charge in [0.2, 0.25) is 0 Å². The van der Waals surface area contributed by atoms with Gasteiger partial charge in [0, 0.05) is 34.6 Å². The minimum absolute atomic E-state index is 0.0269. The van der Waals surface area contributed by atoms with E-state index in [0.29, 0.717) is 16.8 Å². The Hall–Kier alpha value is -3.52. The van der Waals surface area contributed by atoms with Crippen LogP contribution in [0.1, 0.15) is 28.5 Å². The summed E-state index contributed by atoms with van der Waals surface area (Å²) in [6.45, 7) is 0. The number of rotatable bonds is 1. The third-order valence-corrected chi connectivity index (χ3v) is 5.85. The van der Waals surface area contributed by atoms with Crippen molar-refractivity contribution in [3.63, 3.8) is 0 Å². The van der Waals surface area contributed by atoms with Crippen molar-refractivity contribution in [2.24, 2.45) is 0 Å². The molecule has 3 aromatic rings. The van der Waals surface area contributed by atoms with E-state index in [-0.39, 0.29) is 40.2 Å². The van der Waals surface area contributed by atoms with Gasteiger partial charge in [-0.3, -0.25) is 19.1 Å². The topological polar surface area (TPSA) is 101 Å². The van der Waals surface area contributed by atoms with Crippen molar-refractivity contribution in [1.82, 2.24) is 9.55 Å². The Labute approximate surface area is 173 Å². The average molecular weight is 426 g/mol. The van der Waals surface area contributed by atoms with Gasteiger partial charge in [0.25, 0.3) is 11.5 Å². The van der Waals surface area contributed by atoms with Gasteiger partial charge in [-0.2, -0.15) is 0 Å². The Balaban J connectivity index is 1.94. The maximum atomic E-state index is 15.3. The van der Waals surface area contributed by atoms with E-state index in [1.165, 1.54) is 18.5 Å².